The quantitative estimate of drug-likeness (QED) is 0.781. The molecule has 0 aliphatic carbocycles. The van der Waals surface area contributed by atoms with Crippen molar-refractivity contribution in [3.63, 3.8) is 0 Å². The zero-order chi connectivity index (χ0) is 11.6. The summed E-state index contributed by atoms with van der Waals surface area (Å²) in [4.78, 5) is 11.1. The maximum absolute atomic E-state index is 12.1. The van der Waals surface area contributed by atoms with Crippen molar-refractivity contribution in [2.75, 3.05) is 7.11 Å². The van der Waals surface area contributed by atoms with E-state index in [2.05, 4.69) is 25.8 Å². The SMILES string of the molecule is COC(=O)c1c(Br)cnn1CC(F)(F)F. The fourth-order valence-electron chi connectivity index (χ4n) is 0.952. The van der Waals surface area contributed by atoms with Crippen LogP contribution in [0.1, 0.15) is 10.5 Å². The highest BCUT2D eigenvalue weighted by molar-refractivity contribution is 9.10. The second-order valence-corrected chi connectivity index (χ2v) is 3.46. The van der Waals surface area contributed by atoms with Gasteiger partial charge < -0.3 is 4.74 Å². The van der Waals surface area contributed by atoms with E-state index < -0.39 is 18.7 Å². The maximum Gasteiger partial charge on any atom is 0.408 e. The highest BCUT2D eigenvalue weighted by Gasteiger charge is 2.31. The molecule has 0 fully saturated rings. The van der Waals surface area contributed by atoms with Crippen LogP contribution in [0.5, 0.6) is 0 Å². The molecular weight excluding hydrogens is 281 g/mol. The molecule has 1 rings (SSSR count). The first-order valence-corrected chi connectivity index (χ1v) is 4.51. The first-order chi connectivity index (χ1) is 6.85. The average Bonchev–Trinajstić information content (AvgIpc) is 2.43. The van der Waals surface area contributed by atoms with Crippen molar-refractivity contribution in [1.82, 2.24) is 9.78 Å². The molecule has 1 aromatic heterocycles. The van der Waals surface area contributed by atoms with Crippen LogP contribution in [-0.4, -0.2) is 29.0 Å². The molecule has 0 radical (unpaired) electrons. The van der Waals surface area contributed by atoms with Gasteiger partial charge in [0.25, 0.3) is 0 Å². The molecule has 1 aromatic rings. The standard InChI is InChI=1S/C7H6BrF3N2O2/c1-15-6(14)5-4(8)2-12-13(5)3-7(9,10)11/h2H,3H2,1H3. The molecule has 0 saturated heterocycles. The van der Waals surface area contributed by atoms with Crippen LogP contribution in [-0.2, 0) is 11.3 Å². The van der Waals surface area contributed by atoms with Crippen molar-refractivity contribution in [3.8, 4) is 0 Å². The minimum absolute atomic E-state index is 0.165. The number of methoxy groups -OCH3 is 1. The second kappa shape index (κ2) is 4.21. The highest BCUT2D eigenvalue weighted by atomic mass is 79.9. The molecule has 4 nitrogen and oxygen atoms in total. The Hall–Kier alpha value is -1.05. The van der Waals surface area contributed by atoms with Crippen molar-refractivity contribution < 1.29 is 22.7 Å². The third-order valence-electron chi connectivity index (χ3n) is 1.50. The third kappa shape index (κ3) is 2.95. The van der Waals surface area contributed by atoms with Crippen molar-refractivity contribution in [2.45, 2.75) is 12.7 Å². The molecular formula is C7H6BrF3N2O2. The minimum Gasteiger partial charge on any atom is -0.464 e. The Morgan fingerprint density at radius 2 is 2.27 bits per heavy atom. The molecule has 0 unspecified atom stereocenters. The average molecular weight is 287 g/mol. The number of hydrogen-bond acceptors (Lipinski definition) is 3. The first-order valence-electron chi connectivity index (χ1n) is 3.71. The molecule has 0 bridgehead atoms. The number of rotatable bonds is 2. The van der Waals surface area contributed by atoms with E-state index in [1.807, 2.05) is 0 Å². The number of alkyl halides is 3. The van der Waals surface area contributed by atoms with Gasteiger partial charge in [-0.15, -0.1) is 0 Å². The van der Waals surface area contributed by atoms with Crippen LogP contribution in [0.3, 0.4) is 0 Å². The van der Waals surface area contributed by atoms with Crippen molar-refractivity contribution in [3.05, 3.63) is 16.4 Å². The van der Waals surface area contributed by atoms with E-state index in [0.717, 1.165) is 13.3 Å². The fraction of sp³-hybridized carbons (Fsp3) is 0.429. The molecule has 8 heteroatoms. The summed E-state index contributed by atoms with van der Waals surface area (Å²) < 4.78 is 41.2. The summed E-state index contributed by atoms with van der Waals surface area (Å²) in [7, 11) is 1.08. The van der Waals surface area contributed by atoms with Crippen molar-refractivity contribution in [2.24, 2.45) is 0 Å². The predicted octanol–water partition coefficient (Wildman–Crippen LogP) is 1.99. The van der Waals surface area contributed by atoms with Crippen molar-refractivity contribution in [1.29, 1.82) is 0 Å². The number of carbonyl (C=O) groups excluding carboxylic acids is 1. The second-order valence-electron chi connectivity index (χ2n) is 2.61. The van der Waals surface area contributed by atoms with Crippen LogP contribution in [0, 0.1) is 0 Å². The number of ether oxygens (including phenoxy) is 1. The van der Waals surface area contributed by atoms with Gasteiger partial charge in [-0.2, -0.15) is 18.3 Å². The van der Waals surface area contributed by atoms with Crippen LogP contribution >= 0.6 is 15.9 Å². The van der Waals surface area contributed by atoms with E-state index in [-0.39, 0.29) is 10.2 Å². The van der Waals surface area contributed by atoms with Crippen LogP contribution in [0.15, 0.2) is 10.7 Å². The maximum atomic E-state index is 12.1. The van der Waals surface area contributed by atoms with Gasteiger partial charge in [0, 0.05) is 0 Å². The summed E-state index contributed by atoms with van der Waals surface area (Å²) >= 11 is 2.91. The molecule has 0 N–H and O–H groups in total. The van der Waals surface area contributed by atoms with Gasteiger partial charge in [-0.1, -0.05) is 0 Å². The lowest BCUT2D eigenvalue weighted by atomic mass is 10.4. The lowest BCUT2D eigenvalue weighted by Gasteiger charge is -2.08. The number of hydrogen-bond donors (Lipinski definition) is 0. The Morgan fingerprint density at radius 3 is 2.73 bits per heavy atom. The largest absolute Gasteiger partial charge is 0.464 e. The van der Waals surface area contributed by atoms with E-state index in [9.17, 15) is 18.0 Å². The summed E-state index contributed by atoms with van der Waals surface area (Å²) in [5.41, 5.74) is -0.255. The molecule has 0 amide bonds. The normalized spacial score (nSPS) is 11.5. The van der Waals surface area contributed by atoms with Gasteiger partial charge in [-0.05, 0) is 15.9 Å². The Morgan fingerprint density at radius 1 is 1.67 bits per heavy atom. The van der Waals surface area contributed by atoms with Gasteiger partial charge in [0.2, 0.25) is 0 Å². The summed E-state index contributed by atoms with van der Waals surface area (Å²) in [6.07, 6.45) is -3.33. The van der Waals surface area contributed by atoms with E-state index in [1.54, 1.807) is 0 Å². The van der Waals surface area contributed by atoms with E-state index >= 15 is 0 Å². The summed E-state index contributed by atoms with van der Waals surface area (Å²) in [6.45, 7) is -1.33. The topological polar surface area (TPSA) is 44.1 Å². The van der Waals surface area contributed by atoms with Gasteiger partial charge in [0.15, 0.2) is 5.69 Å². The van der Waals surface area contributed by atoms with Crippen LogP contribution < -0.4 is 0 Å². The van der Waals surface area contributed by atoms with Crippen LogP contribution in [0.25, 0.3) is 0 Å². The van der Waals surface area contributed by atoms with E-state index in [0.29, 0.717) is 4.68 Å². The molecule has 0 aliphatic heterocycles. The number of halogens is 4. The molecule has 84 valence electrons. The molecule has 15 heavy (non-hydrogen) atoms. The van der Waals surface area contributed by atoms with E-state index in [1.165, 1.54) is 0 Å². The van der Waals surface area contributed by atoms with Crippen molar-refractivity contribution >= 4 is 21.9 Å². The summed E-state index contributed by atoms with van der Waals surface area (Å²) in [5.74, 6) is -0.872. The third-order valence-corrected chi connectivity index (χ3v) is 2.08. The number of aromatic nitrogens is 2. The Kier molecular flexibility index (Phi) is 3.38. The summed E-state index contributed by atoms with van der Waals surface area (Å²) in [5, 5.41) is 3.42. The fourth-order valence-corrected chi connectivity index (χ4v) is 1.41. The van der Waals surface area contributed by atoms with Crippen LogP contribution in [0.4, 0.5) is 13.2 Å². The molecule has 0 aromatic carbocycles. The minimum atomic E-state index is -4.44. The van der Waals surface area contributed by atoms with Gasteiger partial charge in [0.05, 0.1) is 17.8 Å². The number of esters is 1. The van der Waals surface area contributed by atoms with Gasteiger partial charge >= 0.3 is 12.1 Å². The molecule has 0 aliphatic rings. The number of nitrogens with zero attached hydrogens (tertiary/aromatic N) is 2. The molecule has 0 saturated carbocycles. The highest BCUT2D eigenvalue weighted by Crippen LogP contribution is 2.22. The zero-order valence-corrected chi connectivity index (χ0v) is 9.09. The Bertz CT molecular complexity index is 375. The van der Waals surface area contributed by atoms with Gasteiger partial charge in [-0.3, -0.25) is 0 Å². The van der Waals surface area contributed by atoms with E-state index in [4.69, 9.17) is 0 Å². The lowest BCUT2D eigenvalue weighted by molar-refractivity contribution is -0.142. The first kappa shape index (κ1) is 12.0. The van der Waals surface area contributed by atoms with Crippen LogP contribution in [0.2, 0.25) is 0 Å². The monoisotopic (exact) mass is 286 g/mol. The molecule has 0 atom stereocenters. The smallest absolute Gasteiger partial charge is 0.408 e. The lowest BCUT2D eigenvalue weighted by Crippen LogP contribution is -2.22. The van der Waals surface area contributed by atoms with Gasteiger partial charge in [0.1, 0.15) is 6.54 Å². The number of carbonyl (C=O) groups is 1. The zero-order valence-electron chi connectivity index (χ0n) is 7.51. The Labute approximate surface area is 91.1 Å². The van der Waals surface area contributed by atoms with Gasteiger partial charge in [-0.25, -0.2) is 9.48 Å². The summed E-state index contributed by atoms with van der Waals surface area (Å²) in [6, 6.07) is 0. The predicted molar refractivity (Wildman–Crippen MR) is 47.3 cm³/mol. The molecule has 0 spiro atoms. The Balaban J connectivity index is 3.04. The molecule has 1 heterocycles.